The number of hydrogen-bond donors (Lipinski definition) is 1. The van der Waals surface area contributed by atoms with E-state index in [1.54, 1.807) is 18.3 Å². The number of hydrogen-bond acceptors (Lipinski definition) is 4. The van der Waals surface area contributed by atoms with E-state index in [0.29, 0.717) is 23.5 Å². The average molecular weight is 277 g/mol. The summed E-state index contributed by atoms with van der Waals surface area (Å²) in [6.45, 7) is 0. The zero-order valence-electron chi connectivity index (χ0n) is 12.4. The Morgan fingerprint density at radius 1 is 1.40 bits per heavy atom. The molecule has 0 radical (unpaired) electrons. The fraction of sp³-hybridized carbons (Fsp3) is 0.600. The average Bonchev–Trinajstić information content (AvgIpc) is 2.53. The molecule has 2 rings (SSSR count). The summed E-state index contributed by atoms with van der Waals surface area (Å²) in [7, 11) is 5.41. The molecule has 20 heavy (non-hydrogen) atoms. The number of nitrogens with zero attached hydrogens (tertiary/aromatic N) is 2. The molecule has 0 spiro atoms. The number of carbonyl (C=O) groups excluding carboxylic acids is 1. The van der Waals surface area contributed by atoms with E-state index in [4.69, 9.17) is 4.74 Å². The van der Waals surface area contributed by atoms with Crippen LogP contribution in [0.3, 0.4) is 0 Å². The lowest BCUT2D eigenvalue weighted by Crippen LogP contribution is -2.42. The van der Waals surface area contributed by atoms with E-state index in [1.807, 2.05) is 19.0 Å². The van der Waals surface area contributed by atoms with Crippen molar-refractivity contribution in [2.45, 2.75) is 37.8 Å². The molecular formula is C15H23N3O2. The van der Waals surface area contributed by atoms with Crippen molar-refractivity contribution in [1.82, 2.24) is 15.2 Å². The third-order valence-electron chi connectivity index (χ3n) is 4.17. The molecule has 0 atom stereocenters. The largest absolute Gasteiger partial charge is 0.480 e. The second kappa shape index (κ2) is 6.70. The van der Waals surface area contributed by atoms with E-state index >= 15 is 0 Å². The van der Waals surface area contributed by atoms with Crippen LogP contribution in [0, 0.1) is 0 Å². The highest BCUT2D eigenvalue weighted by Gasteiger charge is 2.27. The fourth-order valence-electron chi connectivity index (χ4n) is 2.82. The Kier molecular flexibility index (Phi) is 4.95. The van der Waals surface area contributed by atoms with Crippen LogP contribution in [-0.4, -0.2) is 49.1 Å². The van der Waals surface area contributed by atoms with Gasteiger partial charge in [0.2, 0.25) is 5.88 Å². The van der Waals surface area contributed by atoms with Crippen LogP contribution in [-0.2, 0) is 0 Å². The number of pyridine rings is 1. The standard InChI is InChI=1S/C15H23N3O2/c1-16-11-6-8-12(9-7-11)18(2)15(19)13-5-4-10-17-14(13)20-3/h4-5,10-12,16H,6-9H2,1-3H3. The van der Waals surface area contributed by atoms with E-state index in [1.165, 1.54) is 7.11 Å². The van der Waals surface area contributed by atoms with Gasteiger partial charge >= 0.3 is 0 Å². The lowest BCUT2D eigenvalue weighted by Gasteiger charge is -2.34. The monoisotopic (exact) mass is 277 g/mol. The molecule has 1 N–H and O–H groups in total. The van der Waals surface area contributed by atoms with Gasteiger partial charge in [-0.05, 0) is 44.9 Å². The van der Waals surface area contributed by atoms with Crippen molar-refractivity contribution in [3.8, 4) is 5.88 Å². The fourth-order valence-corrected chi connectivity index (χ4v) is 2.82. The summed E-state index contributed by atoms with van der Waals surface area (Å²) in [5.41, 5.74) is 0.535. The SMILES string of the molecule is CNC1CCC(N(C)C(=O)c2cccnc2OC)CC1. The summed E-state index contributed by atoms with van der Waals surface area (Å²) in [6.07, 6.45) is 5.94. The molecule has 1 aliphatic rings. The number of nitrogens with one attached hydrogen (secondary N) is 1. The summed E-state index contributed by atoms with van der Waals surface area (Å²) in [4.78, 5) is 18.5. The van der Waals surface area contributed by atoms with Gasteiger partial charge in [-0.3, -0.25) is 4.79 Å². The maximum atomic E-state index is 12.6. The van der Waals surface area contributed by atoms with Crippen LogP contribution >= 0.6 is 0 Å². The topological polar surface area (TPSA) is 54.5 Å². The van der Waals surface area contributed by atoms with Crippen molar-refractivity contribution in [3.63, 3.8) is 0 Å². The van der Waals surface area contributed by atoms with E-state index < -0.39 is 0 Å². The zero-order valence-corrected chi connectivity index (χ0v) is 12.4. The van der Waals surface area contributed by atoms with Crippen LogP contribution in [0.15, 0.2) is 18.3 Å². The number of amides is 1. The van der Waals surface area contributed by atoms with Crippen molar-refractivity contribution in [2.24, 2.45) is 0 Å². The van der Waals surface area contributed by atoms with E-state index in [2.05, 4.69) is 10.3 Å². The summed E-state index contributed by atoms with van der Waals surface area (Å²) in [5, 5.41) is 3.31. The number of aromatic nitrogens is 1. The van der Waals surface area contributed by atoms with Crippen LogP contribution in [0.4, 0.5) is 0 Å². The van der Waals surface area contributed by atoms with Gasteiger partial charge in [-0.15, -0.1) is 0 Å². The summed E-state index contributed by atoms with van der Waals surface area (Å²) in [6, 6.07) is 4.42. The molecule has 0 aromatic carbocycles. The van der Waals surface area contributed by atoms with Gasteiger partial charge in [0.1, 0.15) is 5.56 Å². The molecule has 0 aliphatic heterocycles. The van der Waals surface area contributed by atoms with Crippen LogP contribution in [0.2, 0.25) is 0 Å². The van der Waals surface area contributed by atoms with Gasteiger partial charge in [0.25, 0.3) is 5.91 Å². The lowest BCUT2D eigenvalue weighted by molar-refractivity contribution is 0.0681. The maximum Gasteiger partial charge on any atom is 0.259 e. The predicted octanol–water partition coefficient (Wildman–Crippen LogP) is 1.69. The lowest BCUT2D eigenvalue weighted by atomic mass is 9.90. The normalized spacial score (nSPS) is 22.4. The molecule has 1 amide bonds. The van der Waals surface area contributed by atoms with Gasteiger partial charge < -0.3 is 15.0 Å². The smallest absolute Gasteiger partial charge is 0.259 e. The molecule has 0 unspecified atom stereocenters. The van der Waals surface area contributed by atoms with Gasteiger partial charge in [0.05, 0.1) is 7.11 Å². The Hall–Kier alpha value is -1.62. The van der Waals surface area contributed by atoms with E-state index in [0.717, 1.165) is 25.7 Å². The minimum absolute atomic E-state index is 0.0112. The van der Waals surface area contributed by atoms with Gasteiger partial charge in [-0.1, -0.05) is 0 Å². The Labute approximate surface area is 120 Å². The van der Waals surface area contributed by atoms with Crippen molar-refractivity contribution in [1.29, 1.82) is 0 Å². The Morgan fingerprint density at radius 2 is 2.10 bits per heavy atom. The van der Waals surface area contributed by atoms with Gasteiger partial charge in [0.15, 0.2) is 0 Å². The molecule has 0 saturated heterocycles. The third kappa shape index (κ3) is 3.10. The van der Waals surface area contributed by atoms with E-state index in [9.17, 15) is 4.79 Å². The Balaban J connectivity index is 2.05. The molecule has 110 valence electrons. The van der Waals surface area contributed by atoms with Gasteiger partial charge in [-0.25, -0.2) is 4.98 Å². The quantitative estimate of drug-likeness (QED) is 0.910. The highest BCUT2D eigenvalue weighted by atomic mass is 16.5. The first-order chi connectivity index (χ1) is 9.67. The van der Waals surface area contributed by atoms with E-state index in [-0.39, 0.29) is 5.91 Å². The molecule has 5 nitrogen and oxygen atoms in total. The highest BCUT2D eigenvalue weighted by molar-refractivity contribution is 5.96. The molecule has 0 bridgehead atoms. The van der Waals surface area contributed by atoms with Crippen molar-refractivity contribution in [2.75, 3.05) is 21.2 Å². The minimum atomic E-state index is -0.0112. The number of carbonyl (C=O) groups is 1. The molecular weight excluding hydrogens is 254 g/mol. The molecule has 1 saturated carbocycles. The first-order valence-electron chi connectivity index (χ1n) is 7.10. The Morgan fingerprint density at radius 3 is 2.70 bits per heavy atom. The molecule has 1 aliphatic carbocycles. The second-order valence-corrected chi connectivity index (χ2v) is 5.27. The molecule has 5 heteroatoms. The third-order valence-corrected chi connectivity index (χ3v) is 4.17. The summed E-state index contributed by atoms with van der Waals surface area (Å²) >= 11 is 0. The van der Waals surface area contributed by atoms with Gasteiger partial charge in [-0.2, -0.15) is 0 Å². The highest BCUT2D eigenvalue weighted by Crippen LogP contribution is 2.25. The molecule has 1 heterocycles. The van der Waals surface area contributed by atoms with Crippen molar-refractivity contribution >= 4 is 5.91 Å². The van der Waals surface area contributed by atoms with Crippen LogP contribution in [0.5, 0.6) is 5.88 Å². The first kappa shape index (κ1) is 14.8. The van der Waals surface area contributed by atoms with Crippen LogP contribution in [0.25, 0.3) is 0 Å². The maximum absolute atomic E-state index is 12.6. The zero-order chi connectivity index (χ0) is 14.5. The number of rotatable bonds is 4. The van der Waals surface area contributed by atoms with Gasteiger partial charge in [0, 0.05) is 25.3 Å². The molecule has 1 aromatic heterocycles. The van der Waals surface area contributed by atoms with Crippen molar-refractivity contribution in [3.05, 3.63) is 23.9 Å². The van der Waals surface area contributed by atoms with Crippen molar-refractivity contribution < 1.29 is 9.53 Å². The van der Waals surface area contributed by atoms with Crippen LogP contribution < -0.4 is 10.1 Å². The predicted molar refractivity (Wildman–Crippen MR) is 78.0 cm³/mol. The Bertz CT molecular complexity index is 456. The first-order valence-corrected chi connectivity index (χ1v) is 7.10. The molecule has 1 aromatic rings. The molecule has 1 fully saturated rings. The second-order valence-electron chi connectivity index (χ2n) is 5.27. The number of ether oxygens (including phenoxy) is 1. The summed E-state index contributed by atoms with van der Waals surface area (Å²) < 4.78 is 5.17. The number of methoxy groups -OCH3 is 1. The minimum Gasteiger partial charge on any atom is -0.480 e. The van der Waals surface area contributed by atoms with Crippen LogP contribution in [0.1, 0.15) is 36.0 Å². The summed E-state index contributed by atoms with van der Waals surface area (Å²) in [5.74, 6) is 0.385.